The highest BCUT2D eigenvalue weighted by atomic mass is 15.2. The molecule has 0 amide bonds. The third-order valence-corrected chi connectivity index (χ3v) is 11.4. The lowest BCUT2D eigenvalue weighted by Gasteiger charge is -2.21. The fourth-order valence-corrected chi connectivity index (χ4v) is 8.87. The zero-order valence-electron chi connectivity index (χ0n) is 29.6. The maximum absolute atomic E-state index is 5.28. The molecular weight excluding hydrogens is 647 g/mol. The van der Waals surface area contributed by atoms with Crippen molar-refractivity contribution in [3.63, 3.8) is 0 Å². The van der Waals surface area contributed by atoms with Crippen LogP contribution < -0.4 is 0 Å². The minimum atomic E-state index is -0.138. The van der Waals surface area contributed by atoms with E-state index in [0.717, 1.165) is 35.0 Å². The number of nitrogens with zero attached hydrogens (tertiary/aromatic N) is 5. The van der Waals surface area contributed by atoms with Gasteiger partial charge in [-0.2, -0.15) is 9.97 Å². The zero-order valence-corrected chi connectivity index (χ0v) is 29.6. The SMILES string of the molecule is CC1(C)c2ccccc2-c2cc3c(cc21)c1cc2c(cc1n3-c1nc(-c3ccccc3)nc(-c3ccccc3)n1)c1ccccc1n2C1=CC=CCC1. The summed E-state index contributed by atoms with van der Waals surface area (Å²) in [6, 6.07) is 47.8. The Labute approximate surface area is 307 Å². The Bertz CT molecular complexity index is 2960. The molecule has 53 heavy (non-hydrogen) atoms. The third kappa shape index (κ3) is 4.40. The molecule has 3 aromatic heterocycles. The van der Waals surface area contributed by atoms with Crippen LogP contribution in [0.4, 0.5) is 0 Å². The van der Waals surface area contributed by atoms with E-state index in [1.165, 1.54) is 60.5 Å². The zero-order chi connectivity index (χ0) is 35.3. The molecule has 0 unspecified atom stereocenters. The summed E-state index contributed by atoms with van der Waals surface area (Å²) in [7, 11) is 0. The van der Waals surface area contributed by atoms with Crippen molar-refractivity contribution < 1.29 is 0 Å². The molecule has 5 nitrogen and oxygen atoms in total. The minimum Gasteiger partial charge on any atom is -0.313 e. The van der Waals surface area contributed by atoms with E-state index in [1.54, 1.807) is 0 Å². The molecule has 0 bridgehead atoms. The maximum atomic E-state index is 5.28. The lowest BCUT2D eigenvalue weighted by atomic mass is 9.82. The van der Waals surface area contributed by atoms with Gasteiger partial charge in [0.25, 0.3) is 0 Å². The first-order chi connectivity index (χ1) is 26.0. The normalized spacial score (nSPS) is 14.6. The number of benzene rings is 6. The van der Waals surface area contributed by atoms with Crippen molar-refractivity contribution >= 4 is 49.3 Å². The number of rotatable bonds is 4. The first-order valence-corrected chi connectivity index (χ1v) is 18.4. The molecule has 0 atom stereocenters. The molecule has 11 rings (SSSR count). The standard InChI is InChI=1S/C48H35N5/c1-48(2)39-24-14-12-22-33(39)35-27-43-36(26-40(35)48)38-29-42-37(34-23-13-15-25-41(34)52(42)32-20-10-5-11-21-32)28-44(38)53(43)47-50-45(30-16-6-3-7-17-30)49-46(51-47)31-18-8-4-9-19-31/h3-10,12-20,22-29H,11,21H2,1-2H3. The number of allylic oxidation sites excluding steroid dienone is 4. The number of hydrogen-bond acceptors (Lipinski definition) is 3. The number of hydrogen-bond donors (Lipinski definition) is 0. The van der Waals surface area contributed by atoms with Crippen molar-refractivity contribution in [1.82, 2.24) is 24.1 Å². The van der Waals surface area contributed by atoms with Gasteiger partial charge in [0.2, 0.25) is 5.95 Å². The van der Waals surface area contributed by atoms with Gasteiger partial charge >= 0.3 is 0 Å². The van der Waals surface area contributed by atoms with Crippen molar-refractivity contribution in [1.29, 1.82) is 0 Å². The minimum absolute atomic E-state index is 0.138. The average Bonchev–Trinajstić information content (AvgIpc) is 3.79. The lowest BCUT2D eigenvalue weighted by molar-refractivity contribution is 0.661. The second-order valence-electron chi connectivity index (χ2n) is 14.8. The van der Waals surface area contributed by atoms with Gasteiger partial charge in [-0.1, -0.05) is 129 Å². The molecule has 3 heterocycles. The molecule has 5 heteroatoms. The number of para-hydroxylation sites is 1. The van der Waals surface area contributed by atoms with Gasteiger partial charge in [0.1, 0.15) is 0 Å². The Morgan fingerprint density at radius 3 is 1.83 bits per heavy atom. The summed E-state index contributed by atoms with van der Waals surface area (Å²) in [4.78, 5) is 15.6. The Morgan fingerprint density at radius 1 is 0.509 bits per heavy atom. The van der Waals surface area contributed by atoms with Gasteiger partial charge in [0.05, 0.1) is 22.1 Å². The Hall–Kier alpha value is -6.59. The van der Waals surface area contributed by atoms with Crippen LogP contribution in [0.5, 0.6) is 0 Å². The molecule has 0 radical (unpaired) electrons. The molecule has 0 N–H and O–H groups in total. The quantitative estimate of drug-likeness (QED) is 0.186. The first kappa shape index (κ1) is 30.1. The Kier molecular flexibility index (Phi) is 6.36. The summed E-state index contributed by atoms with van der Waals surface area (Å²) in [6.45, 7) is 4.71. The molecule has 0 saturated carbocycles. The molecule has 2 aliphatic rings. The van der Waals surface area contributed by atoms with E-state index in [2.05, 4.69) is 138 Å². The average molecular weight is 682 g/mol. The highest BCUT2D eigenvalue weighted by molar-refractivity contribution is 6.20. The van der Waals surface area contributed by atoms with Crippen molar-refractivity contribution in [2.45, 2.75) is 32.1 Å². The van der Waals surface area contributed by atoms with Crippen LogP contribution in [0.25, 0.3) is 89.2 Å². The van der Waals surface area contributed by atoms with Crippen molar-refractivity contribution in [2.75, 3.05) is 0 Å². The smallest absolute Gasteiger partial charge is 0.238 e. The van der Waals surface area contributed by atoms with Crippen LogP contribution in [0, 0.1) is 0 Å². The second kappa shape index (κ2) is 11.2. The summed E-state index contributed by atoms with van der Waals surface area (Å²) in [5.41, 5.74) is 12.9. The van der Waals surface area contributed by atoms with Gasteiger partial charge in [-0.05, 0) is 71.5 Å². The van der Waals surface area contributed by atoms with E-state index < -0.39 is 0 Å². The molecular formula is C48H35N5. The summed E-state index contributed by atoms with van der Waals surface area (Å²) < 4.78 is 4.77. The van der Waals surface area contributed by atoms with Crippen LogP contribution in [0.3, 0.4) is 0 Å². The van der Waals surface area contributed by atoms with Crippen molar-refractivity contribution in [3.8, 4) is 39.9 Å². The number of fused-ring (bicyclic) bond motifs is 9. The second-order valence-corrected chi connectivity index (χ2v) is 14.8. The molecule has 0 saturated heterocycles. The fraction of sp³-hybridized carbons (Fsp3) is 0.104. The van der Waals surface area contributed by atoms with Crippen LogP contribution in [-0.2, 0) is 5.41 Å². The Morgan fingerprint density at radius 2 is 1.11 bits per heavy atom. The van der Waals surface area contributed by atoms with E-state index in [4.69, 9.17) is 15.0 Å². The molecule has 0 spiro atoms. The van der Waals surface area contributed by atoms with E-state index in [9.17, 15) is 0 Å². The molecule has 6 aromatic carbocycles. The predicted molar refractivity (Wildman–Crippen MR) is 218 cm³/mol. The highest BCUT2D eigenvalue weighted by Gasteiger charge is 2.36. The van der Waals surface area contributed by atoms with Crippen LogP contribution in [0.2, 0.25) is 0 Å². The van der Waals surface area contributed by atoms with Gasteiger partial charge < -0.3 is 4.57 Å². The van der Waals surface area contributed by atoms with Gasteiger partial charge in [-0.3, -0.25) is 4.57 Å². The first-order valence-electron chi connectivity index (χ1n) is 18.4. The van der Waals surface area contributed by atoms with Crippen molar-refractivity contribution in [3.05, 3.63) is 163 Å². The maximum Gasteiger partial charge on any atom is 0.238 e. The van der Waals surface area contributed by atoms with Gasteiger partial charge in [-0.25, -0.2) is 4.98 Å². The Balaban J connectivity index is 1.30. The van der Waals surface area contributed by atoms with Crippen molar-refractivity contribution in [2.24, 2.45) is 0 Å². The van der Waals surface area contributed by atoms with E-state index in [0.29, 0.717) is 17.6 Å². The summed E-state index contributed by atoms with van der Waals surface area (Å²) >= 11 is 0. The molecule has 2 aliphatic carbocycles. The van der Waals surface area contributed by atoms with E-state index in [-0.39, 0.29) is 5.41 Å². The predicted octanol–water partition coefficient (Wildman–Crippen LogP) is 11.9. The lowest BCUT2D eigenvalue weighted by Crippen LogP contribution is -2.14. The van der Waals surface area contributed by atoms with E-state index in [1.807, 2.05) is 36.4 Å². The molecule has 0 fully saturated rings. The molecule has 9 aromatic rings. The fourth-order valence-electron chi connectivity index (χ4n) is 8.87. The van der Waals surface area contributed by atoms with Crippen LogP contribution in [0.1, 0.15) is 37.8 Å². The topological polar surface area (TPSA) is 48.5 Å². The monoisotopic (exact) mass is 681 g/mol. The summed E-state index contributed by atoms with van der Waals surface area (Å²) in [5.74, 6) is 1.89. The molecule has 0 aliphatic heterocycles. The number of aromatic nitrogens is 5. The highest BCUT2D eigenvalue weighted by Crippen LogP contribution is 2.51. The van der Waals surface area contributed by atoms with E-state index >= 15 is 0 Å². The van der Waals surface area contributed by atoms with Crippen LogP contribution in [0.15, 0.2) is 152 Å². The third-order valence-electron chi connectivity index (χ3n) is 11.4. The molecule has 252 valence electrons. The largest absolute Gasteiger partial charge is 0.313 e. The summed E-state index contributed by atoms with van der Waals surface area (Å²) in [5, 5.41) is 4.83. The van der Waals surface area contributed by atoms with Gasteiger partial charge in [-0.15, -0.1) is 0 Å². The van der Waals surface area contributed by atoms with Crippen LogP contribution in [-0.4, -0.2) is 24.1 Å². The van der Waals surface area contributed by atoms with Gasteiger partial charge in [0, 0.05) is 43.8 Å². The van der Waals surface area contributed by atoms with Crippen LogP contribution >= 0.6 is 0 Å². The van der Waals surface area contributed by atoms with Gasteiger partial charge in [0.15, 0.2) is 11.6 Å². The summed E-state index contributed by atoms with van der Waals surface area (Å²) in [6.07, 6.45) is 8.76.